The van der Waals surface area contributed by atoms with E-state index in [9.17, 15) is 13.2 Å². The van der Waals surface area contributed by atoms with E-state index in [-0.39, 0.29) is 17.3 Å². The zero-order valence-electron chi connectivity index (χ0n) is 14.8. The maximum atomic E-state index is 12.9. The van der Waals surface area contributed by atoms with Gasteiger partial charge in [-0.1, -0.05) is 17.3 Å². The standard InChI is InChI=1S/C19H17F3N4O2/c20-19(21,22)15-4-1-3-13(11-15)17-24-18(28-25-17)14-5-6-16(23-12-14)26-7-2-9-27-10-8-26/h1,3-6,11-12H,2,7-10H2. The summed E-state index contributed by atoms with van der Waals surface area (Å²) >= 11 is 0. The second-order valence-electron chi connectivity index (χ2n) is 6.36. The summed E-state index contributed by atoms with van der Waals surface area (Å²) in [5.41, 5.74) is 0.0725. The zero-order chi connectivity index (χ0) is 19.6. The molecule has 0 amide bonds. The van der Waals surface area contributed by atoms with Crippen LogP contribution < -0.4 is 4.90 Å². The largest absolute Gasteiger partial charge is 0.416 e. The van der Waals surface area contributed by atoms with Crippen molar-refractivity contribution < 1.29 is 22.4 Å². The maximum Gasteiger partial charge on any atom is 0.416 e. The van der Waals surface area contributed by atoms with Crippen LogP contribution in [0, 0.1) is 0 Å². The van der Waals surface area contributed by atoms with Crippen molar-refractivity contribution in [3.63, 3.8) is 0 Å². The van der Waals surface area contributed by atoms with Crippen molar-refractivity contribution in [3.05, 3.63) is 48.2 Å². The molecule has 146 valence electrons. The summed E-state index contributed by atoms with van der Waals surface area (Å²) in [7, 11) is 0. The maximum absolute atomic E-state index is 12.9. The van der Waals surface area contributed by atoms with Crippen LogP contribution in [-0.2, 0) is 10.9 Å². The molecule has 4 rings (SSSR count). The SMILES string of the molecule is FC(F)(F)c1cccc(-c2noc(-c3ccc(N4CCCOCC4)nc3)n2)c1. The summed E-state index contributed by atoms with van der Waals surface area (Å²) in [5.74, 6) is 1.12. The first-order valence-electron chi connectivity index (χ1n) is 8.81. The lowest BCUT2D eigenvalue weighted by atomic mass is 10.1. The second kappa shape index (κ2) is 7.59. The molecule has 0 N–H and O–H groups in total. The van der Waals surface area contributed by atoms with Gasteiger partial charge in [0.15, 0.2) is 0 Å². The third-order valence-corrected chi connectivity index (χ3v) is 4.42. The third kappa shape index (κ3) is 3.99. The highest BCUT2D eigenvalue weighted by Gasteiger charge is 2.30. The van der Waals surface area contributed by atoms with Gasteiger partial charge < -0.3 is 14.2 Å². The molecule has 0 radical (unpaired) electrons. The third-order valence-electron chi connectivity index (χ3n) is 4.42. The molecule has 0 bridgehead atoms. The van der Waals surface area contributed by atoms with Crippen LogP contribution in [0.4, 0.5) is 19.0 Å². The van der Waals surface area contributed by atoms with Crippen LogP contribution in [0.25, 0.3) is 22.8 Å². The summed E-state index contributed by atoms with van der Waals surface area (Å²) in [6.07, 6.45) is -1.88. The minimum Gasteiger partial charge on any atom is -0.380 e. The normalized spacial score (nSPS) is 15.5. The van der Waals surface area contributed by atoms with E-state index in [0.29, 0.717) is 12.2 Å². The van der Waals surface area contributed by atoms with Crippen LogP contribution in [0.1, 0.15) is 12.0 Å². The van der Waals surface area contributed by atoms with Crippen LogP contribution >= 0.6 is 0 Å². The quantitative estimate of drug-likeness (QED) is 0.673. The molecule has 1 fully saturated rings. The number of hydrogen-bond acceptors (Lipinski definition) is 6. The van der Waals surface area contributed by atoms with Crippen molar-refractivity contribution in [1.29, 1.82) is 0 Å². The lowest BCUT2D eigenvalue weighted by molar-refractivity contribution is -0.137. The Morgan fingerprint density at radius 2 is 1.89 bits per heavy atom. The van der Waals surface area contributed by atoms with E-state index in [1.54, 1.807) is 12.3 Å². The van der Waals surface area contributed by atoms with Crippen molar-refractivity contribution >= 4 is 5.82 Å². The van der Waals surface area contributed by atoms with Gasteiger partial charge in [-0.05, 0) is 30.7 Å². The van der Waals surface area contributed by atoms with Gasteiger partial charge in [0, 0.05) is 31.5 Å². The molecular weight excluding hydrogens is 373 g/mol. The number of halogens is 3. The molecule has 0 unspecified atom stereocenters. The molecule has 28 heavy (non-hydrogen) atoms. The molecule has 1 aliphatic heterocycles. The number of anilines is 1. The van der Waals surface area contributed by atoms with E-state index in [4.69, 9.17) is 9.26 Å². The van der Waals surface area contributed by atoms with Crippen LogP contribution in [-0.4, -0.2) is 41.4 Å². The Morgan fingerprint density at radius 1 is 1.00 bits per heavy atom. The first kappa shape index (κ1) is 18.4. The minimum absolute atomic E-state index is 0.0924. The number of hydrogen-bond donors (Lipinski definition) is 0. The monoisotopic (exact) mass is 390 g/mol. The predicted octanol–water partition coefficient (Wildman–Crippen LogP) is 4.04. The summed E-state index contributed by atoms with van der Waals surface area (Å²) in [6, 6.07) is 8.48. The average Bonchev–Trinajstić information content (AvgIpc) is 3.03. The topological polar surface area (TPSA) is 64.3 Å². The molecule has 2 aromatic heterocycles. The number of nitrogens with zero attached hydrogens (tertiary/aromatic N) is 4. The lowest BCUT2D eigenvalue weighted by Crippen LogP contribution is -2.26. The van der Waals surface area contributed by atoms with E-state index in [1.165, 1.54) is 12.1 Å². The van der Waals surface area contributed by atoms with Gasteiger partial charge in [-0.15, -0.1) is 0 Å². The Kier molecular flexibility index (Phi) is 4.99. The molecule has 0 spiro atoms. The number of alkyl halides is 3. The highest BCUT2D eigenvalue weighted by atomic mass is 19.4. The van der Waals surface area contributed by atoms with Gasteiger partial charge in [-0.25, -0.2) is 4.98 Å². The second-order valence-corrected chi connectivity index (χ2v) is 6.36. The van der Waals surface area contributed by atoms with Crippen molar-refractivity contribution in [2.24, 2.45) is 0 Å². The molecule has 9 heteroatoms. The van der Waals surface area contributed by atoms with Gasteiger partial charge >= 0.3 is 6.18 Å². The van der Waals surface area contributed by atoms with Gasteiger partial charge in [0.2, 0.25) is 5.82 Å². The zero-order valence-corrected chi connectivity index (χ0v) is 14.8. The predicted molar refractivity (Wildman–Crippen MR) is 95.6 cm³/mol. The molecule has 1 aromatic carbocycles. The van der Waals surface area contributed by atoms with E-state index in [1.807, 2.05) is 6.07 Å². The van der Waals surface area contributed by atoms with Crippen LogP contribution in [0.3, 0.4) is 0 Å². The van der Waals surface area contributed by atoms with Gasteiger partial charge in [0.25, 0.3) is 5.89 Å². The summed E-state index contributed by atoms with van der Waals surface area (Å²) in [5, 5.41) is 3.80. The lowest BCUT2D eigenvalue weighted by Gasteiger charge is -2.20. The molecule has 0 saturated carbocycles. The summed E-state index contributed by atoms with van der Waals surface area (Å²) in [6.45, 7) is 3.04. The molecule has 3 heterocycles. The molecule has 0 atom stereocenters. The van der Waals surface area contributed by atoms with Crippen LogP contribution in [0.5, 0.6) is 0 Å². The van der Waals surface area contributed by atoms with Gasteiger partial charge in [-0.3, -0.25) is 0 Å². The number of ether oxygens (including phenoxy) is 1. The highest BCUT2D eigenvalue weighted by Crippen LogP contribution is 2.32. The number of aromatic nitrogens is 3. The molecular formula is C19H17F3N4O2. The van der Waals surface area contributed by atoms with Gasteiger partial charge in [0.1, 0.15) is 5.82 Å². The summed E-state index contributed by atoms with van der Waals surface area (Å²) < 4.78 is 49.3. The Labute approximate surface area is 159 Å². The molecule has 6 nitrogen and oxygen atoms in total. The number of benzene rings is 1. The molecule has 1 aliphatic rings. The van der Waals surface area contributed by atoms with Crippen LogP contribution in [0.15, 0.2) is 47.1 Å². The van der Waals surface area contributed by atoms with Crippen molar-refractivity contribution in [2.45, 2.75) is 12.6 Å². The molecule has 3 aromatic rings. The molecule has 1 saturated heterocycles. The van der Waals surface area contributed by atoms with Crippen molar-refractivity contribution in [1.82, 2.24) is 15.1 Å². The van der Waals surface area contributed by atoms with Crippen molar-refractivity contribution in [2.75, 3.05) is 31.2 Å². The van der Waals surface area contributed by atoms with E-state index in [2.05, 4.69) is 20.0 Å². The Morgan fingerprint density at radius 3 is 2.68 bits per heavy atom. The minimum atomic E-state index is -4.43. The van der Waals surface area contributed by atoms with Crippen molar-refractivity contribution in [3.8, 4) is 22.8 Å². The highest BCUT2D eigenvalue weighted by molar-refractivity contribution is 5.61. The first-order chi connectivity index (χ1) is 13.5. The van der Waals surface area contributed by atoms with Gasteiger partial charge in [0.05, 0.1) is 17.7 Å². The fraction of sp³-hybridized carbons (Fsp3) is 0.316. The average molecular weight is 390 g/mol. The van der Waals surface area contributed by atoms with E-state index < -0.39 is 11.7 Å². The van der Waals surface area contributed by atoms with E-state index >= 15 is 0 Å². The molecule has 0 aliphatic carbocycles. The Hall–Kier alpha value is -2.94. The van der Waals surface area contributed by atoms with Crippen LogP contribution in [0.2, 0.25) is 0 Å². The Bertz CT molecular complexity index is 933. The van der Waals surface area contributed by atoms with Gasteiger partial charge in [-0.2, -0.15) is 18.2 Å². The Balaban J connectivity index is 1.54. The number of rotatable bonds is 3. The fourth-order valence-electron chi connectivity index (χ4n) is 2.97. The summed E-state index contributed by atoms with van der Waals surface area (Å²) in [4.78, 5) is 10.8. The first-order valence-corrected chi connectivity index (χ1v) is 8.81. The smallest absolute Gasteiger partial charge is 0.380 e. The number of pyridine rings is 1. The fourth-order valence-corrected chi connectivity index (χ4v) is 2.97. The van der Waals surface area contributed by atoms with E-state index in [0.717, 1.165) is 44.1 Å².